The fourth-order valence-electron chi connectivity index (χ4n) is 2.21. The van der Waals surface area contributed by atoms with E-state index in [1.807, 2.05) is 5.38 Å². The van der Waals surface area contributed by atoms with E-state index in [-0.39, 0.29) is 11.7 Å². The number of hydrogen-bond donors (Lipinski definition) is 1. The molecular weight excluding hydrogens is 333 g/mol. The summed E-state index contributed by atoms with van der Waals surface area (Å²) < 4.78 is 13.1. The lowest BCUT2D eigenvalue weighted by atomic mass is 10.1. The van der Waals surface area contributed by atoms with Crippen LogP contribution in [0, 0.1) is 5.82 Å². The van der Waals surface area contributed by atoms with Crippen LogP contribution in [0.2, 0.25) is 0 Å². The third kappa shape index (κ3) is 3.68. The van der Waals surface area contributed by atoms with Crippen molar-refractivity contribution in [1.29, 1.82) is 0 Å². The molecule has 0 saturated carbocycles. The number of carbonyl (C=O) groups is 1. The number of thioether (sulfide) groups is 1. The molecule has 118 valence electrons. The van der Waals surface area contributed by atoms with E-state index in [0.717, 1.165) is 32.1 Å². The number of primary amides is 1. The first-order valence-electron chi connectivity index (χ1n) is 7.04. The molecule has 2 N–H and O–H groups in total. The van der Waals surface area contributed by atoms with Gasteiger partial charge in [-0.25, -0.2) is 14.4 Å². The first kappa shape index (κ1) is 15.9. The summed E-state index contributed by atoms with van der Waals surface area (Å²) in [6.07, 6.45) is 2.63. The highest BCUT2D eigenvalue weighted by atomic mass is 32.2. The van der Waals surface area contributed by atoms with Gasteiger partial charge in [0.1, 0.15) is 22.0 Å². The second-order valence-corrected chi connectivity index (χ2v) is 6.88. The molecule has 2 heterocycles. The van der Waals surface area contributed by atoms with Crippen LogP contribution in [0.15, 0.2) is 41.0 Å². The summed E-state index contributed by atoms with van der Waals surface area (Å²) >= 11 is 3.12. The minimum Gasteiger partial charge on any atom is -0.370 e. The molecule has 3 rings (SSSR count). The van der Waals surface area contributed by atoms with Crippen molar-refractivity contribution in [1.82, 2.24) is 9.97 Å². The van der Waals surface area contributed by atoms with Crippen molar-refractivity contribution in [2.45, 2.75) is 17.9 Å². The second kappa shape index (κ2) is 7.06. The van der Waals surface area contributed by atoms with E-state index in [1.165, 1.54) is 23.5 Å². The lowest BCUT2D eigenvalue weighted by Gasteiger charge is -2.05. The van der Waals surface area contributed by atoms with Gasteiger partial charge >= 0.3 is 0 Å². The fraction of sp³-hybridized carbons (Fsp3) is 0.188. The molecule has 2 aromatic heterocycles. The van der Waals surface area contributed by atoms with Crippen LogP contribution in [0.3, 0.4) is 0 Å². The Kier molecular flexibility index (Phi) is 4.88. The highest BCUT2D eigenvalue weighted by Gasteiger charge is 2.13. The van der Waals surface area contributed by atoms with E-state index in [0.29, 0.717) is 12.8 Å². The lowest BCUT2D eigenvalue weighted by molar-refractivity contribution is -0.118. The maximum atomic E-state index is 13.1. The molecular formula is C16H14FN3OS2. The molecule has 0 fully saturated rings. The minimum atomic E-state index is -0.291. The molecule has 0 saturated heterocycles. The first-order valence-corrected chi connectivity index (χ1v) is 8.91. The summed E-state index contributed by atoms with van der Waals surface area (Å²) in [6.45, 7) is 0. The molecule has 0 spiro atoms. The third-order valence-corrected chi connectivity index (χ3v) is 5.26. The van der Waals surface area contributed by atoms with E-state index >= 15 is 0 Å². The Hall–Kier alpha value is -1.99. The standard InChI is InChI=1S/C16H14FN3OS2/c17-11-5-3-10(4-6-11)12-8-23-16-14(12)15(19-9-20-16)22-7-1-2-13(18)21/h3-6,8-9H,1-2,7H2,(H2,18,21). The van der Waals surface area contributed by atoms with Crippen LogP contribution in [0.4, 0.5) is 4.39 Å². The highest BCUT2D eigenvalue weighted by molar-refractivity contribution is 7.99. The predicted molar refractivity (Wildman–Crippen MR) is 92.0 cm³/mol. The zero-order valence-electron chi connectivity index (χ0n) is 12.2. The van der Waals surface area contributed by atoms with Crippen LogP contribution < -0.4 is 5.73 Å². The van der Waals surface area contributed by atoms with Crippen molar-refractivity contribution in [2.75, 3.05) is 5.75 Å². The number of carbonyl (C=O) groups excluding carboxylic acids is 1. The molecule has 0 aliphatic rings. The topological polar surface area (TPSA) is 68.9 Å². The second-order valence-electron chi connectivity index (χ2n) is 4.93. The summed E-state index contributed by atoms with van der Waals surface area (Å²) in [4.78, 5) is 20.4. The van der Waals surface area contributed by atoms with Crippen LogP contribution in [0.5, 0.6) is 0 Å². The molecule has 0 aliphatic carbocycles. The first-order chi connectivity index (χ1) is 11.1. The van der Waals surface area contributed by atoms with Crippen molar-refractivity contribution in [3.05, 3.63) is 41.8 Å². The molecule has 0 unspecified atom stereocenters. The lowest BCUT2D eigenvalue weighted by Crippen LogP contribution is -2.09. The number of nitrogens with zero attached hydrogens (tertiary/aromatic N) is 2. The molecule has 7 heteroatoms. The van der Waals surface area contributed by atoms with Crippen molar-refractivity contribution in [3.63, 3.8) is 0 Å². The minimum absolute atomic E-state index is 0.259. The summed E-state index contributed by atoms with van der Waals surface area (Å²) in [5.74, 6) is 0.208. The summed E-state index contributed by atoms with van der Waals surface area (Å²) in [5.41, 5.74) is 7.09. The molecule has 23 heavy (non-hydrogen) atoms. The summed E-state index contributed by atoms with van der Waals surface area (Å²) in [5, 5.41) is 3.87. The number of amides is 1. The highest BCUT2D eigenvalue weighted by Crippen LogP contribution is 2.37. The van der Waals surface area contributed by atoms with Crippen LogP contribution >= 0.6 is 23.1 Å². The van der Waals surface area contributed by atoms with Gasteiger partial charge in [-0.05, 0) is 24.1 Å². The number of halogens is 1. The maximum Gasteiger partial charge on any atom is 0.217 e. The molecule has 0 atom stereocenters. The summed E-state index contributed by atoms with van der Waals surface area (Å²) in [6, 6.07) is 6.40. The van der Waals surface area contributed by atoms with Gasteiger partial charge in [-0.2, -0.15) is 0 Å². The number of rotatable bonds is 6. The third-order valence-electron chi connectivity index (χ3n) is 3.30. The van der Waals surface area contributed by atoms with Crippen molar-refractivity contribution in [3.8, 4) is 11.1 Å². The normalized spacial score (nSPS) is 11.0. The number of thiophene rings is 1. The molecule has 4 nitrogen and oxygen atoms in total. The SMILES string of the molecule is NC(=O)CCCSc1ncnc2scc(-c3ccc(F)cc3)c12. The van der Waals surface area contributed by atoms with Gasteiger partial charge in [-0.3, -0.25) is 4.79 Å². The smallest absolute Gasteiger partial charge is 0.217 e. The van der Waals surface area contributed by atoms with E-state index in [9.17, 15) is 9.18 Å². The van der Waals surface area contributed by atoms with Crippen molar-refractivity contribution < 1.29 is 9.18 Å². The van der Waals surface area contributed by atoms with Crippen LogP contribution in [0.1, 0.15) is 12.8 Å². The number of nitrogens with two attached hydrogens (primary N) is 1. The number of fused-ring (bicyclic) bond motifs is 1. The van der Waals surface area contributed by atoms with Crippen LogP contribution in [-0.2, 0) is 4.79 Å². The van der Waals surface area contributed by atoms with Gasteiger partial charge in [0.25, 0.3) is 0 Å². The van der Waals surface area contributed by atoms with Crippen LogP contribution in [0.25, 0.3) is 21.3 Å². The van der Waals surface area contributed by atoms with Gasteiger partial charge in [0.2, 0.25) is 5.91 Å². The Morgan fingerprint density at radius 3 is 2.78 bits per heavy atom. The van der Waals surface area contributed by atoms with Crippen molar-refractivity contribution in [2.24, 2.45) is 5.73 Å². The Morgan fingerprint density at radius 1 is 1.26 bits per heavy atom. The zero-order chi connectivity index (χ0) is 16.2. The largest absolute Gasteiger partial charge is 0.370 e. The van der Waals surface area contributed by atoms with Crippen LogP contribution in [-0.4, -0.2) is 21.6 Å². The Balaban J connectivity index is 1.91. The van der Waals surface area contributed by atoms with Gasteiger partial charge in [0.05, 0.1) is 5.39 Å². The number of aromatic nitrogens is 2. The van der Waals surface area contributed by atoms with E-state index in [1.54, 1.807) is 30.2 Å². The average molecular weight is 347 g/mol. The molecule has 0 aliphatic heterocycles. The van der Waals surface area contributed by atoms with E-state index in [2.05, 4.69) is 9.97 Å². The van der Waals surface area contributed by atoms with Gasteiger partial charge < -0.3 is 5.73 Å². The average Bonchev–Trinajstić information content (AvgIpc) is 2.97. The fourth-order valence-corrected chi connectivity index (χ4v) is 4.15. The Morgan fingerprint density at radius 2 is 2.04 bits per heavy atom. The van der Waals surface area contributed by atoms with E-state index in [4.69, 9.17) is 5.73 Å². The van der Waals surface area contributed by atoms with Gasteiger partial charge in [-0.1, -0.05) is 12.1 Å². The zero-order valence-corrected chi connectivity index (χ0v) is 13.8. The molecule has 1 aromatic carbocycles. The van der Waals surface area contributed by atoms with Crippen molar-refractivity contribution >= 4 is 39.2 Å². The Labute approximate surface area is 140 Å². The molecule has 3 aromatic rings. The van der Waals surface area contributed by atoms with E-state index < -0.39 is 0 Å². The molecule has 0 radical (unpaired) electrons. The van der Waals surface area contributed by atoms with Gasteiger partial charge in [0.15, 0.2) is 0 Å². The summed E-state index contributed by atoms with van der Waals surface area (Å²) in [7, 11) is 0. The quantitative estimate of drug-likeness (QED) is 0.418. The number of hydrogen-bond acceptors (Lipinski definition) is 5. The predicted octanol–water partition coefficient (Wildman–Crippen LogP) is 3.86. The van der Waals surface area contributed by atoms with Gasteiger partial charge in [-0.15, -0.1) is 23.1 Å². The van der Waals surface area contributed by atoms with Gasteiger partial charge in [0, 0.05) is 23.1 Å². The number of benzene rings is 1. The molecule has 0 bridgehead atoms. The maximum absolute atomic E-state index is 13.1. The Bertz CT molecular complexity index is 833. The monoisotopic (exact) mass is 347 g/mol. The molecule has 1 amide bonds.